The van der Waals surface area contributed by atoms with Gasteiger partial charge in [0.15, 0.2) is 11.5 Å². The number of oxazole rings is 2. The molecule has 324 valence electrons. The average molecular weight is 875 g/mol. The van der Waals surface area contributed by atoms with Crippen LogP contribution in [0.5, 0.6) is 0 Å². The second-order valence-corrected chi connectivity index (χ2v) is 16.2. The number of aromatic nitrogens is 2. The van der Waals surface area contributed by atoms with E-state index in [9.17, 15) is 0 Å². The summed E-state index contributed by atoms with van der Waals surface area (Å²) in [6.45, 7) is 0. The third-order valence-electron chi connectivity index (χ3n) is 11.6. The van der Waals surface area contributed by atoms with Crippen molar-refractivity contribution in [2.75, 3.05) is 0 Å². The summed E-state index contributed by atoms with van der Waals surface area (Å²) in [4.78, 5) is 8.81. The van der Waals surface area contributed by atoms with E-state index in [0.29, 0.717) is 11.8 Å². The summed E-state index contributed by atoms with van der Waals surface area (Å²) in [7, 11) is 0. The monoisotopic (exact) mass is 874 g/mol. The van der Waals surface area contributed by atoms with Gasteiger partial charge in [0.1, 0.15) is 0 Å². The lowest BCUT2D eigenvalue weighted by Crippen LogP contribution is -1.88. The summed E-state index contributed by atoms with van der Waals surface area (Å²) >= 11 is 0. The summed E-state index contributed by atoms with van der Waals surface area (Å²) in [5.74, 6) is 2.67. The molecule has 0 radical (unpaired) electrons. The average Bonchev–Trinajstić information content (AvgIpc) is 4.14. The van der Waals surface area contributed by atoms with E-state index in [1.165, 1.54) is 55.7 Å². The molecule has 11 rings (SSSR count). The molecule has 11 aromatic rings. The quantitative estimate of drug-likeness (QED) is 0.122. The van der Waals surface area contributed by atoms with Gasteiger partial charge in [0.2, 0.25) is 11.8 Å². The van der Waals surface area contributed by atoms with Gasteiger partial charge in [-0.2, -0.15) is 0 Å². The minimum absolute atomic E-state index is 0.586. The van der Waals surface area contributed by atoms with Crippen LogP contribution in [0.25, 0.3) is 80.0 Å². The Morgan fingerprint density at radius 2 is 0.529 bits per heavy atom. The van der Waals surface area contributed by atoms with Crippen LogP contribution >= 0.6 is 0 Å². The smallest absolute Gasteiger partial charge is 0.226 e. The molecule has 2 heterocycles. The van der Waals surface area contributed by atoms with Crippen molar-refractivity contribution in [3.05, 3.63) is 301 Å². The van der Waals surface area contributed by atoms with Crippen molar-refractivity contribution in [3.63, 3.8) is 0 Å². The zero-order chi connectivity index (χ0) is 45.7. The third-order valence-corrected chi connectivity index (χ3v) is 11.6. The molecule has 0 amide bonds. The molecule has 0 unspecified atom stereocenters. The molecule has 0 bridgehead atoms. The molecule has 2 aromatic heterocycles. The molecule has 0 spiro atoms. The van der Waals surface area contributed by atoms with Crippen molar-refractivity contribution in [3.8, 4) is 56.7 Å². The molecule has 0 saturated carbocycles. The lowest BCUT2D eigenvalue weighted by molar-refractivity contribution is 0.587. The molecule has 0 fully saturated rings. The van der Waals surface area contributed by atoms with E-state index in [-0.39, 0.29) is 0 Å². The van der Waals surface area contributed by atoms with E-state index in [2.05, 4.69) is 192 Å². The first kappa shape index (κ1) is 42.8. The van der Waals surface area contributed by atoms with E-state index in [4.69, 9.17) is 8.83 Å². The van der Waals surface area contributed by atoms with Crippen LogP contribution in [-0.2, 0) is 0 Å². The Labute approximate surface area is 397 Å². The van der Waals surface area contributed by atoms with E-state index in [1.807, 2.05) is 84.9 Å². The van der Waals surface area contributed by atoms with E-state index >= 15 is 0 Å². The molecule has 9 aromatic carbocycles. The number of hydrogen-bond acceptors (Lipinski definition) is 4. The Morgan fingerprint density at radius 3 is 0.824 bits per heavy atom. The Hall–Kier alpha value is -9.12. The second kappa shape index (κ2) is 20.8. The summed E-state index contributed by atoms with van der Waals surface area (Å²) in [5.41, 5.74) is 15.9. The SMILES string of the molecule is C(=C(c1ccccc1)c1ccccc1)c1ccc(-c2ccc(C=C(c3ccccc3)c3ccccc3)cc2)cc1.c1ccc(-c2cnc(-c3ccc(-c4ncc(-c5ccccc5)o4)cc3)o2)cc1. The number of hydrogen-bond donors (Lipinski definition) is 0. The molecule has 0 aliphatic carbocycles. The molecule has 0 saturated heterocycles. The fraction of sp³-hybridized carbons (Fsp3) is 0. The zero-order valence-corrected chi connectivity index (χ0v) is 37.3. The first-order valence-electron chi connectivity index (χ1n) is 22.7. The third kappa shape index (κ3) is 10.4. The maximum absolute atomic E-state index is 5.91. The van der Waals surface area contributed by atoms with Crippen LogP contribution < -0.4 is 0 Å². The molecule has 4 nitrogen and oxygen atoms in total. The first-order chi connectivity index (χ1) is 33.7. The topological polar surface area (TPSA) is 52.1 Å². The van der Waals surface area contributed by atoms with Crippen LogP contribution in [0.2, 0.25) is 0 Å². The van der Waals surface area contributed by atoms with E-state index in [1.54, 1.807) is 12.4 Å². The Kier molecular flexibility index (Phi) is 13.1. The van der Waals surface area contributed by atoms with Gasteiger partial charge < -0.3 is 8.83 Å². The molecular weight excluding hydrogens is 829 g/mol. The van der Waals surface area contributed by atoms with Gasteiger partial charge in [-0.05, 0) is 92.1 Å². The molecule has 0 aliphatic heterocycles. The predicted molar refractivity (Wildman–Crippen MR) is 280 cm³/mol. The van der Waals surface area contributed by atoms with Crippen molar-refractivity contribution in [1.82, 2.24) is 9.97 Å². The van der Waals surface area contributed by atoms with Gasteiger partial charge in [-0.25, -0.2) is 9.97 Å². The Morgan fingerprint density at radius 1 is 0.265 bits per heavy atom. The highest BCUT2D eigenvalue weighted by Crippen LogP contribution is 2.32. The van der Waals surface area contributed by atoms with E-state index in [0.717, 1.165) is 33.8 Å². The Balaban J connectivity index is 0.000000168. The van der Waals surface area contributed by atoms with Gasteiger partial charge in [-0.1, -0.05) is 231 Å². The minimum Gasteiger partial charge on any atom is -0.436 e. The maximum atomic E-state index is 5.91. The lowest BCUT2D eigenvalue weighted by atomic mass is 9.94. The number of nitrogens with zero attached hydrogens (tertiary/aromatic N) is 2. The van der Waals surface area contributed by atoms with Gasteiger partial charge in [0.25, 0.3) is 0 Å². The zero-order valence-electron chi connectivity index (χ0n) is 37.3. The number of rotatable bonds is 11. The molecule has 0 N–H and O–H groups in total. The Bertz CT molecular complexity index is 3050. The van der Waals surface area contributed by atoms with Crippen LogP contribution in [0.3, 0.4) is 0 Å². The van der Waals surface area contributed by atoms with Crippen LogP contribution in [-0.4, -0.2) is 9.97 Å². The highest BCUT2D eigenvalue weighted by Gasteiger charge is 2.12. The van der Waals surface area contributed by atoms with Crippen LogP contribution in [0.4, 0.5) is 0 Å². The van der Waals surface area contributed by atoms with Crippen LogP contribution in [0.15, 0.2) is 276 Å². The van der Waals surface area contributed by atoms with Gasteiger partial charge in [-0.3, -0.25) is 0 Å². The van der Waals surface area contributed by atoms with E-state index < -0.39 is 0 Å². The van der Waals surface area contributed by atoms with Crippen molar-refractivity contribution in [2.45, 2.75) is 0 Å². The normalized spacial score (nSPS) is 10.6. The highest BCUT2D eigenvalue weighted by molar-refractivity contribution is 5.93. The summed E-state index contributed by atoms with van der Waals surface area (Å²) in [6, 6.07) is 87.8. The van der Waals surface area contributed by atoms with Gasteiger partial charge in [-0.15, -0.1) is 0 Å². The van der Waals surface area contributed by atoms with Crippen molar-refractivity contribution >= 4 is 23.3 Å². The largest absolute Gasteiger partial charge is 0.436 e. The van der Waals surface area contributed by atoms with Crippen molar-refractivity contribution < 1.29 is 8.83 Å². The summed E-state index contributed by atoms with van der Waals surface area (Å²) in [6.07, 6.45) is 8.05. The predicted octanol–water partition coefficient (Wildman–Crippen LogP) is 16.9. The molecular formula is C64H46N2O2. The summed E-state index contributed by atoms with van der Waals surface area (Å²) < 4.78 is 11.8. The first-order valence-corrected chi connectivity index (χ1v) is 22.7. The fourth-order valence-corrected chi connectivity index (χ4v) is 8.06. The van der Waals surface area contributed by atoms with Crippen LogP contribution in [0, 0.1) is 0 Å². The summed E-state index contributed by atoms with van der Waals surface area (Å²) in [5, 5.41) is 0. The van der Waals surface area contributed by atoms with Crippen molar-refractivity contribution in [2.24, 2.45) is 0 Å². The van der Waals surface area contributed by atoms with Gasteiger partial charge >= 0.3 is 0 Å². The minimum atomic E-state index is 0.586. The second-order valence-electron chi connectivity index (χ2n) is 16.2. The molecule has 4 heteroatoms. The fourth-order valence-electron chi connectivity index (χ4n) is 8.06. The molecule has 0 atom stereocenters. The lowest BCUT2D eigenvalue weighted by Gasteiger charge is -2.10. The van der Waals surface area contributed by atoms with Crippen LogP contribution in [0.1, 0.15) is 33.4 Å². The molecule has 68 heavy (non-hydrogen) atoms. The maximum Gasteiger partial charge on any atom is 0.226 e. The van der Waals surface area contributed by atoms with Gasteiger partial charge in [0.05, 0.1) is 12.4 Å². The number of benzene rings is 9. The van der Waals surface area contributed by atoms with Crippen molar-refractivity contribution in [1.29, 1.82) is 0 Å². The van der Waals surface area contributed by atoms with Gasteiger partial charge in [0, 0.05) is 22.3 Å². The molecule has 0 aliphatic rings. The highest BCUT2D eigenvalue weighted by atomic mass is 16.4. The standard InChI is InChI=1S/C40H30.C24H16N2O2/c1-5-13-35(14-6-1)39(36-15-7-2-8-16-36)29-31-21-25-33(26-22-31)34-27-23-32(24-28-34)30-40(37-17-9-3-10-18-37)38-19-11-4-12-20-38;1-3-7-17(8-4-1)21-15-25-23(27-21)19-11-13-20(14-12-19)24-26-16-22(28-24)18-9-5-2-6-10-18/h1-30H;1-16H.